The van der Waals surface area contributed by atoms with Crippen LogP contribution in [0.1, 0.15) is 335 Å². The lowest BCUT2D eigenvalue weighted by Crippen LogP contribution is -2.45. The molecule has 2 unspecified atom stereocenters. The lowest BCUT2D eigenvalue weighted by atomic mass is 10.0. The molecule has 0 radical (unpaired) electrons. The Morgan fingerprint density at radius 2 is 0.533 bits per heavy atom. The molecule has 0 aromatic rings. The van der Waals surface area contributed by atoms with Crippen LogP contribution in [0.5, 0.6) is 0 Å². The van der Waals surface area contributed by atoms with Gasteiger partial charge in [0.05, 0.1) is 18.8 Å². The van der Waals surface area contributed by atoms with Crippen molar-refractivity contribution in [2.45, 2.75) is 347 Å². The molecule has 1 amide bonds. The highest BCUT2D eigenvalue weighted by molar-refractivity contribution is 5.76. The van der Waals surface area contributed by atoms with Crippen LogP contribution >= 0.6 is 0 Å². The van der Waals surface area contributed by atoms with Gasteiger partial charge in [0.2, 0.25) is 5.91 Å². The number of hydrogen-bond acceptors (Lipinski definition) is 3. The van der Waals surface area contributed by atoms with E-state index >= 15 is 0 Å². The molecule has 3 N–H and O–H groups in total. The van der Waals surface area contributed by atoms with Crippen molar-refractivity contribution >= 4 is 5.91 Å². The van der Waals surface area contributed by atoms with Crippen LogP contribution in [0, 0.1) is 0 Å². The van der Waals surface area contributed by atoms with Crippen molar-refractivity contribution in [3.63, 3.8) is 0 Å². The van der Waals surface area contributed by atoms with Gasteiger partial charge in [-0.3, -0.25) is 4.79 Å². The molecular formula is C56H113NO3. The van der Waals surface area contributed by atoms with Crippen LogP contribution in [0.15, 0.2) is 0 Å². The van der Waals surface area contributed by atoms with Crippen LogP contribution in [0.2, 0.25) is 0 Å². The minimum absolute atomic E-state index is 0.0223. The van der Waals surface area contributed by atoms with Gasteiger partial charge in [0.1, 0.15) is 0 Å². The fourth-order valence-electron chi connectivity index (χ4n) is 9.31. The lowest BCUT2D eigenvalue weighted by Gasteiger charge is -2.22. The van der Waals surface area contributed by atoms with Gasteiger partial charge in [0, 0.05) is 6.42 Å². The minimum atomic E-state index is -0.655. The van der Waals surface area contributed by atoms with Crippen LogP contribution in [-0.4, -0.2) is 34.9 Å². The maximum Gasteiger partial charge on any atom is 0.220 e. The van der Waals surface area contributed by atoms with E-state index in [4.69, 9.17) is 0 Å². The molecule has 0 saturated carbocycles. The summed E-state index contributed by atoms with van der Waals surface area (Å²) in [5.74, 6) is -0.0223. The van der Waals surface area contributed by atoms with Gasteiger partial charge in [-0.25, -0.2) is 0 Å². The topological polar surface area (TPSA) is 69.6 Å². The van der Waals surface area contributed by atoms with E-state index in [1.54, 1.807) is 0 Å². The number of carbonyl (C=O) groups is 1. The van der Waals surface area contributed by atoms with Crippen LogP contribution in [0.3, 0.4) is 0 Å². The third kappa shape index (κ3) is 48.4. The molecule has 0 saturated heterocycles. The Morgan fingerprint density at radius 3 is 0.750 bits per heavy atom. The standard InChI is InChI=1S/C56H113NO3/c1-3-5-7-9-11-13-15-17-19-21-23-25-26-27-28-29-30-31-32-33-35-37-39-41-43-45-47-49-51-55(59)54(53-58)57-56(60)52-50-48-46-44-42-40-38-36-34-24-22-20-18-16-14-12-10-8-6-4-2/h54-55,58-59H,3-53H2,1-2H3,(H,57,60). The van der Waals surface area contributed by atoms with Gasteiger partial charge in [0.15, 0.2) is 0 Å². The summed E-state index contributed by atoms with van der Waals surface area (Å²) in [5, 5.41) is 23.3. The van der Waals surface area contributed by atoms with Crippen molar-refractivity contribution in [2.24, 2.45) is 0 Å². The zero-order valence-electron chi connectivity index (χ0n) is 41.5. The second-order valence-corrected chi connectivity index (χ2v) is 19.7. The molecular weight excluding hydrogens is 735 g/mol. The zero-order valence-corrected chi connectivity index (χ0v) is 41.5. The van der Waals surface area contributed by atoms with Gasteiger partial charge in [-0.1, -0.05) is 316 Å². The zero-order chi connectivity index (χ0) is 43.5. The fourth-order valence-corrected chi connectivity index (χ4v) is 9.31. The van der Waals surface area contributed by atoms with Crippen molar-refractivity contribution < 1.29 is 15.0 Å². The predicted molar refractivity (Wildman–Crippen MR) is 267 cm³/mol. The summed E-state index contributed by atoms with van der Waals surface area (Å²) in [6.07, 6.45) is 66.7. The first-order valence-corrected chi connectivity index (χ1v) is 28.2. The summed E-state index contributed by atoms with van der Waals surface area (Å²) in [5.41, 5.74) is 0. The number of aliphatic hydroxyl groups excluding tert-OH is 2. The monoisotopic (exact) mass is 848 g/mol. The number of amides is 1. The number of carbonyl (C=O) groups excluding carboxylic acids is 1. The number of aliphatic hydroxyl groups is 2. The SMILES string of the molecule is CCCCCCCCCCCCCCCCCCCCCCCCCCCCCCC(O)C(CO)NC(=O)CCCCCCCCCCCCCCCCCCCCCC. The third-order valence-corrected chi connectivity index (χ3v) is 13.6. The average molecular weight is 849 g/mol. The van der Waals surface area contributed by atoms with E-state index in [-0.39, 0.29) is 12.5 Å². The third-order valence-electron chi connectivity index (χ3n) is 13.6. The van der Waals surface area contributed by atoms with E-state index in [0.717, 1.165) is 25.7 Å². The van der Waals surface area contributed by atoms with Gasteiger partial charge in [-0.05, 0) is 12.8 Å². The fraction of sp³-hybridized carbons (Fsp3) is 0.982. The summed E-state index contributed by atoms with van der Waals surface area (Å²) in [4.78, 5) is 12.5. The molecule has 60 heavy (non-hydrogen) atoms. The van der Waals surface area contributed by atoms with E-state index in [1.165, 1.54) is 283 Å². The Labute approximate surface area is 378 Å². The predicted octanol–water partition coefficient (Wildman–Crippen LogP) is 18.4. The van der Waals surface area contributed by atoms with Crippen molar-refractivity contribution in [1.29, 1.82) is 0 Å². The van der Waals surface area contributed by atoms with Gasteiger partial charge >= 0.3 is 0 Å². The van der Waals surface area contributed by atoms with Crippen LogP contribution in [0.25, 0.3) is 0 Å². The number of hydrogen-bond donors (Lipinski definition) is 3. The van der Waals surface area contributed by atoms with Crippen molar-refractivity contribution in [2.75, 3.05) is 6.61 Å². The van der Waals surface area contributed by atoms with Crippen molar-refractivity contribution in [3.05, 3.63) is 0 Å². The molecule has 4 nitrogen and oxygen atoms in total. The van der Waals surface area contributed by atoms with E-state index in [1.807, 2.05) is 0 Å². The highest BCUT2D eigenvalue weighted by Gasteiger charge is 2.20. The number of rotatable bonds is 53. The molecule has 4 heteroatoms. The first kappa shape index (κ1) is 59.4. The first-order valence-electron chi connectivity index (χ1n) is 28.2. The maximum absolute atomic E-state index is 12.5. The van der Waals surface area contributed by atoms with Crippen molar-refractivity contribution in [3.8, 4) is 0 Å². The highest BCUT2D eigenvalue weighted by atomic mass is 16.3. The largest absolute Gasteiger partial charge is 0.394 e. The Bertz CT molecular complexity index is 788. The van der Waals surface area contributed by atoms with E-state index < -0.39 is 12.1 Å². The average Bonchev–Trinajstić information content (AvgIpc) is 3.25. The Balaban J connectivity index is 3.39. The first-order chi connectivity index (χ1) is 29.7. The Kier molecular flexibility index (Phi) is 52.2. The lowest BCUT2D eigenvalue weighted by molar-refractivity contribution is -0.123. The highest BCUT2D eigenvalue weighted by Crippen LogP contribution is 2.18. The Morgan fingerprint density at radius 1 is 0.333 bits per heavy atom. The molecule has 2 atom stereocenters. The molecule has 0 aliphatic heterocycles. The molecule has 360 valence electrons. The van der Waals surface area contributed by atoms with E-state index in [2.05, 4.69) is 19.2 Å². The minimum Gasteiger partial charge on any atom is -0.394 e. The summed E-state index contributed by atoms with van der Waals surface area (Å²) >= 11 is 0. The maximum atomic E-state index is 12.5. The summed E-state index contributed by atoms with van der Waals surface area (Å²) < 4.78 is 0. The van der Waals surface area contributed by atoms with Crippen LogP contribution < -0.4 is 5.32 Å². The van der Waals surface area contributed by atoms with E-state index in [0.29, 0.717) is 12.8 Å². The van der Waals surface area contributed by atoms with Gasteiger partial charge in [0.25, 0.3) is 0 Å². The van der Waals surface area contributed by atoms with Gasteiger partial charge in [-0.2, -0.15) is 0 Å². The summed E-state index contributed by atoms with van der Waals surface area (Å²) in [7, 11) is 0. The van der Waals surface area contributed by atoms with Crippen molar-refractivity contribution in [1.82, 2.24) is 5.32 Å². The second-order valence-electron chi connectivity index (χ2n) is 19.7. The molecule has 0 aromatic heterocycles. The van der Waals surface area contributed by atoms with E-state index in [9.17, 15) is 15.0 Å². The van der Waals surface area contributed by atoms with Crippen LogP contribution in [0.4, 0.5) is 0 Å². The van der Waals surface area contributed by atoms with Crippen LogP contribution in [-0.2, 0) is 4.79 Å². The molecule has 0 spiro atoms. The van der Waals surface area contributed by atoms with Gasteiger partial charge in [-0.15, -0.1) is 0 Å². The van der Waals surface area contributed by atoms with Gasteiger partial charge < -0.3 is 15.5 Å². The normalized spacial score (nSPS) is 12.7. The second kappa shape index (κ2) is 52.7. The molecule has 0 aromatic carbocycles. The molecule has 0 heterocycles. The molecule has 0 bridgehead atoms. The molecule has 0 aliphatic rings. The summed E-state index contributed by atoms with van der Waals surface area (Å²) in [6, 6.07) is -0.531. The smallest absolute Gasteiger partial charge is 0.220 e. The quantitative estimate of drug-likeness (QED) is 0.0534. The molecule has 0 fully saturated rings. The molecule has 0 rings (SSSR count). The molecule has 0 aliphatic carbocycles. The summed E-state index contributed by atoms with van der Waals surface area (Å²) in [6.45, 7) is 4.41. The number of nitrogens with one attached hydrogen (secondary N) is 1. The Hall–Kier alpha value is -0.610. The number of unbranched alkanes of at least 4 members (excludes halogenated alkanes) is 46.